The highest BCUT2D eigenvalue weighted by molar-refractivity contribution is 7.94. The summed E-state index contributed by atoms with van der Waals surface area (Å²) in [6.07, 6.45) is 0.421. The second-order valence-corrected chi connectivity index (χ2v) is 8.07. The normalized spacial score (nSPS) is 14.8. The summed E-state index contributed by atoms with van der Waals surface area (Å²) in [7, 11) is -3.58. The molecular weight excluding hydrogens is 336 g/mol. The Balaban J connectivity index is 1.76. The van der Waals surface area contributed by atoms with Crippen molar-refractivity contribution in [2.75, 3.05) is 22.8 Å². The molecule has 0 aliphatic carbocycles. The number of sulfonamides is 1. The molecule has 1 saturated heterocycles. The molecule has 1 fully saturated rings. The zero-order valence-corrected chi connectivity index (χ0v) is 14.1. The summed E-state index contributed by atoms with van der Waals surface area (Å²) in [4.78, 5) is 14.0. The van der Waals surface area contributed by atoms with Crippen LogP contribution in [-0.2, 0) is 21.2 Å². The topological polar surface area (TPSA) is 75.7 Å². The molecule has 8 heteroatoms. The summed E-state index contributed by atoms with van der Waals surface area (Å²) in [6, 6.07) is 10.1. The third-order valence-corrected chi connectivity index (χ3v) is 6.55. The molecule has 1 aromatic heterocycles. The molecule has 122 valence electrons. The molecule has 3 rings (SSSR count). The lowest BCUT2D eigenvalue weighted by atomic mass is 10.2. The lowest BCUT2D eigenvalue weighted by Crippen LogP contribution is -2.23. The van der Waals surface area contributed by atoms with E-state index in [2.05, 4.69) is 4.72 Å². The van der Waals surface area contributed by atoms with Crippen molar-refractivity contribution in [2.45, 2.75) is 17.6 Å². The van der Waals surface area contributed by atoms with Crippen LogP contribution >= 0.6 is 11.3 Å². The van der Waals surface area contributed by atoms with E-state index in [0.717, 1.165) is 11.3 Å². The molecule has 2 aromatic rings. The van der Waals surface area contributed by atoms with Crippen molar-refractivity contribution in [1.29, 1.82) is 0 Å². The van der Waals surface area contributed by atoms with Crippen LogP contribution in [0.15, 0.2) is 40.6 Å². The summed E-state index contributed by atoms with van der Waals surface area (Å²) < 4.78 is 32.4. The van der Waals surface area contributed by atoms with Gasteiger partial charge < -0.3 is 4.74 Å². The molecular formula is C15H16N2O4S2. The highest BCUT2D eigenvalue weighted by Crippen LogP contribution is 2.26. The average molecular weight is 352 g/mol. The number of nitrogens with one attached hydrogen (secondary N) is 1. The van der Waals surface area contributed by atoms with Crippen LogP contribution in [-0.4, -0.2) is 27.7 Å². The van der Waals surface area contributed by atoms with Crippen molar-refractivity contribution in [3.63, 3.8) is 0 Å². The van der Waals surface area contributed by atoms with E-state index < -0.39 is 10.0 Å². The predicted molar refractivity (Wildman–Crippen MR) is 89.6 cm³/mol. The van der Waals surface area contributed by atoms with Gasteiger partial charge in [0.25, 0.3) is 10.0 Å². The first-order valence-electron chi connectivity index (χ1n) is 7.15. The van der Waals surface area contributed by atoms with Crippen molar-refractivity contribution >= 4 is 38.8 Å². The fourth-order valence-electron chi connectivity index (χ4n) is 2.24. The highest BCUT2D eigenvalue weighted by atomic mass is 32.2. The van der Waals surface area contributed by atoms with Crippen LogP contribution in [0, 0.1) is 0 Å². The van der Waals surface area contributed by atoms with Gasteiger partial charge in [0.1, 0.15) is 10.8 Å². The largest absolute Gasteiger partial charge is 0.447 e. The van der Waals surface area contributed by atoms with Gasteiger partial charge in [-0.15, -0.1) is 11.3 Å². The highest BCUT2D eigenvalue weighted by Gasteiger charge is 2.23. The third-order valence-electron chi connectivity index (χ3n) is 3.44. The van der Waals surface area contributed by atoms with Gasteiger partial charge in [-0.25, -0.2) is 13.2 Å². The quantitative estimate of drug-likeness (QED) is 0.897. The van der Waals surface area contributed by atoms with Crippen LogP contribution in [0.25, 0.3) is 0 Å². The molecule has 0 bridgehead atoms. The first-order valence-corrected chi connectivity index (χ1v) is 9.45. The molecule has 0 spiro atoms. The smallest absolute Gasteiger partial charge is 0.414 e. The Morgan fingerprint density at radius 2 is 1.96 bits per heavy atom. The van der Waals surface area contributed by atoms with Gasteiger partial charge in [0.2, 0.25) is 0 Å². The van der Waals surface area contributed by atoms with E-state index in [-0.39, 0.29) is 6.09 Å². The fraction of sp³-hybridized carbons (Fsp3) is 0.267. The molecule has 0 radical (unpaired) electrons. The van der Waals surface area contributed by atoms with E-state index in [0.29, 0.717) is 28.7 Å². The first-order chi connectivity index (χ1) is 11.0. The maximum Gasteiger partial charge on any atom is 0.414 e. The lowest BCUT2D eigenvalue weighted by molar-refractivity contribution is 0.181. The second-order valence-electron chi connectivity index (χ2n) is 4.99. The molecule has 2 heterocycles. The number of ether oxygens (including phenoxy) is 1. The molecule has 23 heavy (non-hydrogen) atoms. The van der Waals surface area contributed by atoms with E-state index in [9.17, 15) is 13.2 Å². The van der Waals surface area contributed by atoms with Crippen molar-refractivity contribution in [2.24, 2.45) is 0 Å². The summed E-state index contributed by atoms with van der Waals surface area (Å²) in [5, 5.41) is 0. The molecule has 1 N–H and O–H groups in total. The summed E-state index contributed by atoms with van der Waals surface area (Å²) >= 11 is 1.26. The van der Waals surface area contributed by atoms with E-state index in [1.54, 1.807) is 30.3 Å². The van der Waals surface area contributed by atoms with Gasteiger partial charge in [-0.3, -0.25) is 9.62 Å². The number of carbonyl (C=O) groups is 1. The number of carbonyl (C=O) groups excluding carboxylic acids is 1. The number of hydrogen-bond acceptors (Lipinski definition) is 5. The van der Waals surface area contributed by atoms with Crippen LogP contribution in [0.2, 0.25) is 0 Å². The van der Waals surface area contributed by atoms with Gasteiger partial charge in [-0.2, -0.15) is 0 Å². The van der Waals surface area contributed by atoms with Crippen molar-refractivity contribution in [3.8, 4) is 0 Å². The minimum absolute atomic E-state index is 0.293. The molecule has 0 atom stereocenters. The fourth-order valence-corrected chi connectivity index (χ4v) is 4.59. The summed E-state index contributed by atoms with van der Waals surface area (Å²) in [5.74, 6) is 0. The molecule has 6 nitrogen and oxygen atoms in total. The standard InChI is InChI=1S/C15H16N2O4S2/c1-2-13-7-8-14(22-13)23(19,20)16-11-3-5-12(6-4-11)17-9-10-21-15(17)18/h3-8,16H,2,9-10H2,1H3. The Hall–Kier alpha value is -2.06. The monoisotopic (exact) mass is 352 g/mol. The van der Waals surface area contributed by atoms with E-state index in [1.165, 1.54) is 16.2 Å². The van der Waals surface area contributed by atoms with Gasteiger partial charge in [-0.05, 0) is 42.8 Å². The van der Waals surface area contributed by atoms with E-state index in [4.69, 9.17) is 4.74 Å². The van der Waals surface area contributed by atoms with Gasteiger partial charge in [0.15, 0.2) is 0 Å². The number of nitrogens with zero attached hydrogens (tertiary/aromatic N) is 1. The average Bonchev–Trinajstić information content (AvgIpc) is 3.17. The Bertz CT molecular complexity index is 812. The zero-order chi connectivity index (χ0) is 16.4. The summed E-state index contributed by atoms with van der Waals surface area (Å²) in [5.41, 5.74) is 1.13. The lowest BCUT2D eigenvalue weighted by Gasteiger charge is -2.13. The first kappa shape index (κ1) is 15.8. The van der Waals surface area contributed by atoms with Crippen molar-refractivity contribution in [3.05, 3.63) is 41.3 Å². The molecule has 1 aliphatic rings. The van der Waals surface area contributed by atoms with Gasteiger partial charge in [0.05, 0.1) is 6.54 Å². The third kappa shape index (κ3) is 3.32. The number of anilines is 2. The van der Waals surface area contributed by atoms with Crippen molar-refractivity contribution in [1.82, 2.24) is 0 Å². The van der Waals surface area contributed by atoms with Crippen LogP contribution in [0.3, 0.4) is 0 Å². The number of amides is 1. The van der Waals surface area contributed by atoms with Crippen LogP contribution < -0.4 is 9.62 Å². The van der Waals surface area contributed by atoms with Crippen LogP contribution in [0.1, 0.15) is 11.8 Å². The van der Waals surface area contributed by atoms with Gasteiger partial charge in [0, 0.05) is 16.3 Å². The molecule has 0 unspecified atom stereocenters. The van der Waals surface area contributed by atoms with Gasteiger partial charge in [-0.1, -0.05) is 6.92 Å². The number of hydrogen-bond donors (Lipinski definition) is 1. The Morgan fingerprint density at radius 3 is 2.52 bits per heavy atom. The minimum Gasteiger partial charge on any atom is -0.447 e. The number of thiophene rings is 1. The molecule has 1 amide bonds. The van der Waals surface area contributed by atoms with E-state index in [1.807, 2.05) is 13.0 Å². The number of rotatable bonds is 5. The van der Waals surface area contributed by atoms with E-state index >= 15 is 0 Å². The molecule has 1 aliphatic heterocycles. The summed E-state index contributed by atoms with van der Waals surface area (Å²) in [6.45, 7) is 2.85. The Labute approximate surface area is 138 Å². The SMILES string of the molecule is CCc1ccc(S(=O)(=O)Nc2ccc(N3CCOC3=O)cc2)s1. The predicted octanol–water partition coefficient (Wildman–Crippen LogP) is 3.07. The minimum atomic E-state index is -3.58. The Kier molecular flexibility index (Phi) is 4.27. The number of benzene rings is 1. The Morgan fingerprint density at radius 1 is 1.22 bits per heavy atom. The maximum atomic E-state index is 12.3. The number of cyclic esters (lactones) is 1. The van der Waals surface area contributed by atoms with Gasteiger partial charge >= 0.3 is 6.09 Å². The second kappa shape index (κ2) is 6.21. The number of aryl methyl sites for hydroxylation is 1. The van der Waals surface area contributed by atoms with Crippen LogP contribution in [0.4, 0.5) is 16.2 Å². The van der Waals surface area contributed by atoms with Crippen molar-refractivity contribution < 1.29 is 17.9 Å². The zero-order valence-electron chi connectivity index (χ0n) is 12.5. The maximum absolute atomic E-state index is 12.3. The van der Waals surface area contributed by atoms with Crippen LogP contribution in [0.5, 0.6) is 0 Å². The molecule has 0 saturated carbocycles. The molecule has 1 aromatic carbocycles.